The fourth-order valence-corrected chi connectivity index (χ4v) is 3.53. The van der Waals surface area contributed by atoms with E-state index in [-0.39, 0.29) is 26.4 Å². The van der Waals surface area contributed by atoms with Gasteiger partial charge in [0.2, 0.25) is 0 Å². The fraction of sp³-hybridized carbons (Fsp3) is 0.615. The van der Waals surface area contributed by atoms with Gasteiger partial charge in [0.05, 0.1) is 26.4 Å². The number of hydrogen-bond acceptors (Lipinski definition) is 8. The maximum absolute atomic E-state index is 12.1. The third-order valence-corrected chi connectivity index (χ3v) is 5.22. The summed E-state index contributed by atoms with van der Waals surface area (Å²) in [7, 11) is 0. The zero-order chi connectivity index (χ0) is 25.3. The van der Waals surface area contributed by atoms with E-state index in [1.807, 2.05) is 24.3 Å². The number of carbonyl (C=O) groups is 4. The van der Waals surface area contributed by atoms with E-state index in [1.54, 1.807) is 27.7 Å². The number of carbonyl (C=O) groups excluding carboxylic acids is 4. The molecule has 8 heteroatoms. The molecule has 0 atom stereocenters. The number of hydrogen-bond donors (Lipinski definition) is 0. The first-order valence-electron chi connectivity index (χ1n) is 12.1. The van der Waals surface area contributed by atoms with Crippen LogP contribution in [-0.4, -0.2) is 50.3 Å². The van der Waals surface area contributed by atoms with Gasteiger partial charge in [-0.25, -0.2) is 0 Å². The first-order chi connectivity index (χ1) is 16.4. The van der Waals surface area contributed by atoms with Crippen LogP contribution in [0.2, 0.25) is 0 Å². The number of benzene rings is 1. The highest BCUT2D eigenvalue weighted by Gasteiger charge is 2.29. The van der Waals surface area contributed by atoms with E-state index < -0.39 is 35.7 Å². The molecule has 0 aliphatic rings. The second-order valence-corrected chi connectivity index (χ2v) is 7.71. The second kappa shape index (κ2) is 16.7. The molecule has 0 aliphatic heterocycles. The lowest BCUT2D eigenvalue weighted by molar-refractivity contribution is -0.163. The predicted octanol–water partition coefficient (Wildman–Crippen LogP) is 3.82. The summed E-state index contributed by atoms with van der Waals surface area (Å²) >= 11 is 0. The number of aryl methyl sites for hydroxylation is 2. The Hall–Kier alpha value is -2.90. The van der Waals surface area contributed by atoms with Crippen LogP contribution in [0.5, 0.6) is 0 Å². The van der Waals surface area contributed by atoms with Crippen LogP contribution in [0, 0.1) is 11.8 Å². The molecule has 0 amide bonds. The van der Waals surface area contributed by atoms with Crippen LogP contribution in [0.15, 0.2) is 24.3 Å². The Bertz CT molecular complexity index is 671. The SMILES string of the molecule is CCOC(=O)C(CCCc1ccc(CCCC(C(=O)OCC)C(=O)OCC)cc1)C(=O)OCC. The van der Waals surface area contributed by atoms with Gasteiger partial charge in [-0.1, -0.05) is 24.3 Å². The third-order valence-electron chi connectivity index (χ3n) is 5.22. The third kappa shape index (κ3) is 10.4. The summed E-state index contributed by atoms with van der Waals surface area (Å²) in [5.41, 5.74) is 2.18. The van der Waals surface area contributed by atoms with Gasteiger partial charge in [0.1, 0.15) is 0 Å². The molecule has 0 saturated carbocycles. The standard InChI is InChI=1S/C26H38O8/c1-5-31-23(27)21(24(28)32-6-2)13-9-11-19-15-17-20(18-16-19)12-10-14-22(25(29)33-7-3)26(30)34-8-4/h15-18,21-22H,5-14H2,1-4H3. The lowest BCUT2D eigenvalue weighted by Gasteiger charge is -2.14. The van der Waals surface area contributed by atoms with E-state index in [1.165, 1.54) is 0 Å². The Kier molecular flexibility index (Phi) is 14.3. The molecule has 8 nitrogen and oxygen atoms in total. The maximum Gasteiger partial charge on any atom is 0.320 e. The smallest absolute Gasteiger partial charge is 0.320 e. The van der Waals surface area contributed by atoms with E-state index in [4.69, 9.17) is 18.9 Å². The fourth-order valence-electron chi connectivity index (χ4n) is 3.53. The normalized spacial score (nSPS) is 10.8. The Labute approximate surface area is 202 Å². The van der Waals surface area contributed by atoms with Crippen molar-refractivity contribution in [2.75, 3.05) is 26.4 Å². The van der Waals surface area contributed by atoms with E-state index in [0.29, 0.717) is 38.5 Å². The van der Waals surface area contributed by atoms with E-state index >= 15 is 0 Å². The molecule has 1 rings (SSSR count). The summed E-state index contributed by atoms with van der Waals surface area (Å²) in [4.78, 5) is 48.3. The second-order valence-electron chi connectivity index (χ2n) is 7.71. The highest BCUT2D eigenvalue weighted by molar-refractivity contribution is 5.95. The van der Waals surface area contributed by atoms with Gasteiger partial charge < -0.3 is 18.9 Å². The van der Waals surface area contributed by atoms with Gasteiger partial charge >= 0.3 is 23.9 Å². The Morgan fingerprint density at radius 3 is 1.06 bits per heavy atom. The van der Waals surface area contributed by atoms with Gasteiger partial charge in [-0.05, 0) is 77.3 Å². The van der Waals surface area contributed by atoms with Crippen molar-refractivity contribution in [1.29, 1.82) is 0 Å². The zero-order valence-corrected chi connectivity index (χ0v) is 20.8. The van der Waals surface area contributed by atoms with E-state index in [9.17, 15) is 19.2 Å². The predicted molar refractivity (Wildman–Crippen MR) is 126 cm³/mol. The summed E-state index contributed by atoms with van der Waals surface area (Å²) in [5, 5.41) is 0. The number of rotatable bonds is 16. The van der Waals surface area contributed by atoms with Crippen molar-refractivity contribution in [2.45, 2.75) is 66.2 Å². The molecule has 1 aromatic carbocycles. The molecule has 0 spiro atoms. The average Bonchev–Trinajstić information content (AvgIpc) is 2.81. The van der Waals surface area contributed by atoms with Crippen molar-refractivity contribution in [3.8, 4) is 0 Å². The van der Waals surface area contributed by atoms with Crippen LogP contribution in [-0.2, 0) is 51.0 Å². The molecule has 0 bridgehead atoms. The summed E-state index contributed by atoms with van der Waals surface area (Å²) in [6.07, 6.45) is 3.43. The molecule has 0 N–H and O–H groups in total. The Morgan fingerprint density at radius 2 is 0.824 bits per heavy atom. The van der Waals surface area contributed by atoms with Crippen LogP contribution >= 0.6 is 0 Å². The van der Waals surface area contributed by atoms with Crippen molar-refractivity contribution >= 4 is 23.9 Å². The lowest BCUT2D eigenvalue weighted by Crippen LogP contribution is -2.28. The molecule has 34 heavy (non-hydrogen) atoms. The molecule has 0 unspecified atom stereocenters. The van der Waals surface area contributed by atoms with Crippen LogP contribution in [0.25, 0.3) is 0 Å². The molecule has 0 heterocycles. The molecule has 0 fully saturated rings. The molecule has 0 aliphatic carbocycles. The summed E-state index contributed by atoms with van der Waals surface area (Å²) in [6.45, 7) is 7.69. The number of ether oxygens (including phenoxy) is 4. The summed E-state index contributed by atoms with van der Waals surface area (Å²) < 4.78 is 20.0. The maximum atomic E-state index is 12.1. The first kappa shape index (κ1) is 29.1. The minimum absolute atomic E-state index is 0.219. The number of esters is 4. The summed E-state index contributed by atoms with van der Waals surface area (Å²) in [5.74, 6) is -3.96. The van der Waals surface area contributed by atoms with E-state index in [0.717, 1.165) is 11.1 Å². The van der Waals surface area contributed by atoms with Gasteiger partial charge in [0.25, 0.3) is 0 Å². The molecular formula is C26H38O8. The van der Waals surface area contributed by atoms with Crippen molar-refractivity contribution in [2.24, 2.45) is 11.8 Å². The Balaban J connectivity index is 2.56. The summed E-state index contributed by atoms with van der Waals surface area (Å²) in [6, 6.07) is 8.03. The van der Waals surface area contributed by atoms with Gasteiger partial charge in [0, 0.05) is 0 Å². The van der Waals surface area contributed by atoms with Crippen molar-refractivity contribution in [3.63, 3.8) is 0 Å². The van der Waals surface area contributed by atoms with Gasteiger partial charge in [-0.2, -0.15) is 0 Å². The van der Waals surface area contributed by atoms with Crippen molar-refractivity contribution < 1.29 is 38.1 Å². The minimum Gasteiger partial charge on any atom is -0.465 e. The molecule has 0 saturated heterocycles. The highest BCUT2D eigenvalue weighted by atomic mass is 16.6. The Morgan fingerprint density at radius 1 is 0.559 bits per heavy atom. The monoisotopic (exact) mass is 478 g/mol. The van der Waals surface area contributed by atoms with Gasteiger partial charge in [-0.15, -0.1) is 0 Å². The van der Waals surface area contributed by atoms with Crippen molar-refractivity contribution in [1.82, 2.24) is 0 Å². The first-order valence-corrected chi connectivity index (χ1v) is 12.1. The topological polar surface area (TPSA) is 105 Å². The quantitative estimate of drug-likeness (QED) is 0.201. The minimum atomic E-state index is -0.897. The van der Waals surface area contributed by atoms with Crippen LogP contribution in [0.4, 0.5) is 0 Å². The molecule has 1 aromatic rings. The zero-order valence-electron chi connectivity index (χ0n) is 20.8. The van der Waals surface area contributed by atoms with Gasteiger partial charge in [-0.3, -0.25) is 19.2 Å². The molecule has 0 aromatic heterocycles. The molecular weight excluding hydrogens is 440 g/mol. The average molecular weight is 479 g/mol. The lowest BCUT2D eigenvalue weighted by atomic mass is 9.97. The van der Waals surface area contributed by atoms with Crippen LogP contribution < -0.4 is 0 Å². The molecule has 0 radical (unpaired) electrons. The van der Waals surface area contributed by atoms with Crippen molar-refractivity contribution in [3.05, 3.63) is 35.4 Å². The molecule has 190 valence electrons. The van der Waals surface area contributed by atoms with Crippen LogP contribution in [0.3, 0.4) is 0 Å². The largest absolute Gasteiger partial charge is 0.465 e. The van der Waals surface area contributed by atoms with Crippen LogP contribution in [0.1, 0.15) is 64.5 Å². The van der Waals surface area contributed by atoms with Gasteiger partial charge in [0.15, 0.2) is 11.8 Å². The van der Waals surface area contributed by atoms with E-state index in [2.05, 4.69) is 0 Å². The highest BCUT2D eigenvalue weighted by Crippen LogP contribution is 2.18.